The number of nitrogens with zero attached hydrogens (tertiary/aromatic N) is 1. The summed E-state index contributed by atoms with van der Waals surface area (Å²) in [5.41, 5.74) is 1.81. The molecule has 0 atom stereocenters. The number of rotatable bonds is 4. The van der Waals surface area contributed by atoms with Crippen molar-refractivity contribution in [2.24, 2.45) is 0 Å². The fourth-order valence-corrected chi connectivity index (χ4v) is 2.60. The lowest BCUT2D eigenvalue weighted by Crippen LogP contribution is -2.14. The number of hydrogen-bond acceptors (Lipinski definition) is 3. The van der Waals surface area contributed by atoms with Gasteiger partial charge in [-0.05, 0) is 48.9 Å². The van der Waals surface area contributed by atoms with Crippen LogP contribution in [0.5, 0.6) is 0 Å². The van der Waals surface area contributed by atoms with Crippen molar-refractivity contribution in [2.45, 2.75) is 6.92 Å². The quantitative estimate of drug-likeness (QED) is 0.581. The Balaban J connectivity index is 1.81. The number of nitrogens with one attached hydrogen (secondary N) is 2. The van der Waals surface area contributed by atoms with Crippen molar-refractivity contribution in [2.75, 3.05) is 10.6 Å². The first-order chi connectivity index (χ1) is 12.8. The summed E-state index contributed by atoms with van der Waals surface area (Å²) in [5, 5.41) is 5.90. The molecule has 0 saturated heterocycles. The first-order valence-corrected chi connectivity index (χ1v) is 8.16. The number of carbonyl (C=O) groups is 1. The zero-order valence-corrected chi connectivity index (χ0v) is 14.7. The molecule has 0 aliphatic carbocycles. The summed E-state index contributed by atoms with van der Waals surface area (Å²) in [7, 11) is 0. The highest BCUT2D eigenvalue weighted by Crippen LogP contribution is 2.24. The summed E-state index contributed by atoms with van der Waals surface area (Å²) >= 11 is 5.92. The van der Waals surface area contributed by atoms with Gasteiger partial charge in [0.15, 0.2) is 17.5 Å². The van der Waals surface area contributed by atoms with Crippen LogP contribution in [0.1, 0.15) is 15.9 Å². The number of pyridine rings is 1. The molecule has 1 heterocycles. The van der Waals surface area contributed by atoms with Crippen molar-refractivity contribution in [1.29, 1.82) is 0 Å². The van der Waals surface area contributed by atoms with Gasteiger partial charge in [-0.3, -0.25) is 9.78 Å². The van der Waals surface area contributed by atoms with Gasteiger partial charge in [-0.25, -0.2) is 13.2 Å². The maximum Gasteiger partial charge on any atom is 0.257 e. The van der Waals surface area contributed by atoms with E-state index in [1.807, 2.05) is 6.92 Å². The Bertz CT molecular complexity index is 1030. The standard InChI is InChI=1S/C19H13ClF3N3O/c1-10-6-12(20)2-4-15(10)25-13-7-11(8-24-9-13)19(27)26-16-5-3-14(21)17(22)18(16)23/h2-9,25H,1H3,(H,26,27). The minimum atomic E-state index is -1.65. The number of aryl methyl sites for hydroxylation is 1. The molecular formula is C19H13ClF3N3O. The highest BCUT2D eigenvalue weighted by molar-refractivity contribution is 6.30. The number of carbonyl (C=O) groups excluding carboxylic acids is 1. The molecule has 2 N–H and O–H groups in total. The summed E-state index contributed by atoms with van der Waals surface area (Å²) in [6, 6.07) is 8.44. The van der Waals surface area contributed by atoms with Crippen LogP contribution in [0.15, 0.2) is 48.8 Å². The fraction of sp³-hybridized carbons (Fsp3) is 0.0526. The summed E-state index contributed by atoms with van der Waals surface area (Å²) < 4.78 is 40.0. The average molecular weight is 392 g/mol. The lowest BCUT2D eigenvalue weighted by atomic mass is 10.2. The van der Waals surface area contributed by atoms with Crippen molar-refractivity contribution < 1.29 is 18.0 Å². The first-order valence-electron chi connectivity index (χ1n) is 7.78. The largest absolute Gasteiger partial charge is 0.354 e. The van der Waals surface area contributed by atoms with Crippen molar-refractivity contribution >= 4 is 34.6 Å². The third-order valence-corrected chi connectivity index (χ3v) is 3.99. The van der Waals surface area contributed by atoms with Crippen LogP contribution in [0, 0.1) is 24.4 Å². The van der Waals surface area contributed by atoms with E-state index in [0.29, 0.717) is 10.7 Å². The number of hydrogen-bond donors (Lipinski definition) is 2. The topological polar surface area (TPSA) is 54.0 Å². The molecule has 2 aromatic carbocycles. The van der Waals surface area contributed by atoms with E-state index < -0.39 is 29.0 Å². The molecule has 3 rings (SSSR count). The van der Waals surface area contributed by atoms with Crippen molar-refractivity contribution in [1.82, 2.24) is 4.98 Å². The fourth-order valence-electron chi connectivity index (χ4n) is 2.37. The molecule has 0 fully saturated rings. The first kappa shape index (κ1) is 18.7. The maximum atomic E-state index is 13.7. The number of amides is 1. The molecule has 3 aromatic rings. The minimum absolute atomic E-state index is 0.107. The van der Waals surface area contributed by atoms with E-state index in [1.54, 1.807) is 18.2 Å². The molecule has 0 spiro atoms. The second-order valence-corrected chi connectivity index (χ2v) is 6.16. The van der Waals surface area contributed by atoms with Gasteiger partial charge in [0.05, 0.1) is 23.1 Å². The monoisotopic (exact) mass is 391 g/mol. The van der Waals surface area contributed by atoms with Crippen LogP contribution in [0.25, 0.3) is 0 Å². The van der Waals surface area contributed by atoms with Gasteiger partial charge in [-0.1, -0.05) is 11.6 Å². The van der Waals surface area contributed by atoms with Gasteiger partial charge in [0.2, 0.25) is 0 Å². The van der Waals surface area contributed by atoms with Gasteiger partial charge in [-0.15, -0.1) is 0 Å². The highest BCUT2D eigenvalue weighted by Gasteiger charge is 2.16. The van der Waals surface area contributed by atoms with Gasteiger partial charge < -0.3 is 10.6 Å². The number of anilines is 3. The van der Waals surface area contributed by atoms with E-state index in [0.717, 1.165) is 23.4 Å². The van der Waals surface area contributed by atoms with E-state index >= 15 is 0 Å². The van der Waals surface area contributed by atoms with Crippen LogP contribution in [0.3, 0.4) is 0 Å². The van der Waals surface area contributed by atoms with E-state index in [9.17, 15) is 18.0 Å². The van der Waals surface area contributed by atoms with Crippen LogP contribution in [-0.4, -0.2) is 10.9 Å². The van der Waals surface area contributed by atoms with Gasteiger partial charge in [-0.2, -0.15) is 0 Å². The second-order valence-electron chi connectivity index (χ2n) is 5.72. The third-order valence-electron chi connectivity index (χ3n) is 3.75. The number of aromatic nitrogens is 1. The van der Waals surface area contributed by atoms with Crippen molar-refractivity contribution in [3.63, 3.8) is 0 Å². The van der Waals surface area contributed by atoms with E-state index in [-0.39, 0.29) is 5.56 Å². The Morgan fingerprint density at radius 2 is 1.74 bits per heavy atom. The second kappa shape index (κ2) is 7.67. The highest BCUT2D eigenvalue weighted by atomic mass is 35.5. The van der Waals surface area contributed by atoms with Crippen molar-refractivity contribution in [3.05, 3.63) is 82.4 Å². The summed E-state index contributed by atoms with van der Waals surface area (Å²) in [6.45, 7) is 1.87. The third kappa shape index (κ3) is 4.20. The Hall–Kier alpha value is -3.06. The lowest BCUT2D eigenvalue weighted by Gasteiger charge is -2.11. The van der Waals surface area contributed by atoms with Crippen LogP contribution in [0.2, 0.25) is 5.02 Å². The summed E-state index contributed by atoms with van der Waals surface area (Å²) in [6.07, 6.45) is 2.77. The molecule has 0 unspecified atom stereocenters. The predicted molar refractivity (Wildman–Crippen MR) is 98.0 cm³/mol. The Labute approximate surface area is 158 Å². The molecule has 1 aromatic heterocycles. The zero-order chi connectivity index (χ0) is 19.6. The smallest absolute Gasteiger partial charge is 0.257 e. The van der Waals surface area contributed by atoms with Crippen LogP contribution < -0.4 is 10.6 Å². The van der Waals surface area contributed by atoms with E-state index in [4.69, 9.17) is 11.6 Å². The van der Waals surface area contributed by atoms with Gasteiger partial charge in [0, 0.05) is 16.9 Å². The zero-order valence-electron chi connectivity index (χ0n) is 14.0. The van der Waals surface area contributed by atoms with Gasteiger partial charge >= 0.3 is 0 Å². The molecule has 1 amide bonds. The molecule has 0 aliphatic heterocycles. The molecule has 8 heteroatoms. The average Bonchev–Trinajstić information content (AvgIpc) is 2.65. The van der Waals surface area contributed by atoms with Crippen molar-refractivity contribution in [3.8, 4) is 0 Å². The summed E-state index contributed by atoms with van der Waals surface area (Å²) in [5.74, 6) is -5.18. The molecule has 0 saturated carbocycles. The van der Waals surface area contributed by atoms with Crippen LogP contribution in [-0.2, 0) is 0 Å². The van der Waals surface area contributed by atoms with Gasteiger partial charge in [0.1, 0.15) is 0 Å². The Morgan fingerprint density at radius 3 is 2.48 bits per heavy atom. The molecule has 27 heavy (non-hydrogen) atoms. The van der Waals surface area contributed by atoms with Crippen LogP contribution in [0.4, 0.5) is 30.2 Å². The summed E-state index contributed by atoms with van der Waals surface area (Å²) in [4.78, 5) is 16.3. The molecular weight excluding hydrogens is 379 g/mol. The van der Waals surface area contributed by atoms with E-state index in [1.165, 1.54) is 18.5 Å². The predicted octanol–water partition coefficient (Wildman–Crippen LogP) is 5.46. The molecule has 138 valence electrons. The Morgan fingerprint density at radius 1 is 1.00 bits per heavy atom. The lowest BCUT2D eigenvalue weighted by molar-refractivity contribution is 0.102. The number of benzene rings is 2. The minimum Gasteiger partial charge on any atom is -0.354 e. The Kier molecular flexibility index (Phi) is 5.32. The van der Waals surface area contributed by atoms with Gasteiger partial charge in [0.25, 0.3) is 5.91 Å². The van der Waals surface area contributed by atoms with E-state index in [2.05, 4.69) is 15.6 Å². The molecule has 0 bridgehead atoms. The maximum absolute atomic E-state index is 13.7. The number of halogens is 4. The molecule has 4 nitrogen and oxygen atoms in total. The normalized spacial score (nSPS) is 10.6. The molecule has 0 radical (unpaired) electrons. The van der Waals surface area contributed by atoms with Crippen LogP contribution >= 0.6 is 11.6 Å². The molecule has 0 aliphatic rings. The SMILES string of the molecule is Cc1cc(Cl)ccc1Nc1cncc(C(=O)Nc2ccc(F)c(F)c2F)c1.